The molecule has 0 fully saturated rings. The molecule has 2 rings (SSSR count). The Morgan fingerprint density at radius 2 is 1.60 bits per heavy atom. The van der Waals surface area contributed by atoms with Gasteiger partial charge in [0.15, 0.2) is 17.5 Å². The van der Waals surface area contributed by atoms with E-state index in [9.17, 15) is 13.2 Å². The largest absolute Gasteiger partial charge is 0.204 e. The van der Waals surface area contributed by atoms with Crippen molar-refractivity contribution in [1.82, 2.24) is 0 Å². The summed E-state index contributed by atoms with van der Waals surface area (Å²) in [7, 11) is 0. The van der Waals surface area contributed by atoms with Crippen molar-refractivity contribution in [3.63, 3.8) is 0 Å². The number of rotatable bonds is 2. The topological polar surface area (TPSA) is 0 Å². The minimum Gasteiger partial charge on any atom is -0.204 e. The SMILES string of the molecule is Cc1cc(C(Br)c2ccc(F)c(F)c2F)c(C)cc1Cl. The molecule has 0 aliphatic heterocycles. The van der Waals surface area contributed by atoms with Crippen LogP contribution in [0.4, 0.5) is 13.2 Å². The first-order valence-corrected chi connectivity index (χ1v) is 7.16. The summed E-state index contributed by atoms with van der Waals surface area (Å²) in [5.74, 6) is -3.84. The van der Waals surface area contributed by atoms with E-state index in [0.29, 0.717) is 5.02 Å². The summed E-state index contributed by atoms with van der Waals surface area (Å²) in [6.07, 6.45) is 0. The number of hydrogen-bond acceptors (Lipinski definition) is 0. The van der Waals surface area contributed by atoms with Crippen LogP contribution >= 0.6 is 27.5 Å². The van der Waals surface area contributed by atoms with Gasteiger partial charge in [0.25, 0.3) is 0 Å². The first kappa shape index (κ1) is 15.4. The number of hydrogen-bond donors (Lipinski definition) is 0. The Morgan fingerprint density at radius 3 is 2.25 bits per heavy atom. The lowest BCUT2D eigenvalue weighted by Crippen LogP contribution is -2.03. The highest BCUT2D eigenvalue weighted by atomic mass is 79.9. The van der Waals surface area contributed by atoms with Gasteiger partial charge in [-0.25, -0.2) is 13.2 Å². The molecule has 0 aromatic heterocycles. The monoisotopic (exact) mass is 362 g/mol. The summed E-state index contributed by atoms with van der Waals surface area (Å²) < 4.78 is 40.1. The Kier molecular flexibility index (Phi) is 4.45. The van der Waals surface area contributed by atoms with Gasteiger partial charge in [-0.1, -0.05) is 39.7 Å². The zero-order valence-electron chi connectivity index (χ0n) is 10.8. The Morgan fingerprint density at radius 1 is 0.950 bits per heavy atom. The Balaban J connectivity index is 2.55. The predicted molar refractivity (Wildman–Crippen MR) is 78.0 cm³/mol. The number of aryl methyl sites for hydroxylation is 2. The predicted octanol–water partition coefficient (Wildman–Crippen LogP) is 5.86. The average molecular weight is 364 g/mol. The van der Waals surface area contributed by atoms with Crippen molar-refractivity contribution in [2.45, 2.75) is 18.7 Å². The minimum absolute atomic E-state index is 0.0497. The molecule has 2 aromatic carbocycles. The van der Waals surface area contributed by atoms with Crippen LogP contribution in [0.1, 0.15) is 27.1 Å². The van der Waals surface area contributed by atoms with Crippen LogP contribution in [0.2, 0.25) is 5.02 Å². The fourth-order valence-electron chi connectivity index (χ4n) is 1.98. The van der Waals surface area contributed by atoms with Gasteiger partial charge in [-0.15, -0.1) is 0 Å². The lowest BCUT2D eigenvalue weighted by molar-refractivity contribution is 0.442. The molecule has 0 spiro atoms. The third-order valence-electron chi connectivity index (χ3n) is 3.16. The maximum absolute atomic E-state index is 13.8. The van der Waals surface area contributed by atoms with Gasteiger partial charge in [0.1, 0.15) is 0 Å². The summed E-state index contributed by atoms with van der Waals surface area (Å²) in [5.41, 5.74) is 2.48. The summed E-state index contributed by atoms with van der Waals surface area (Å²) in [5, 5.41) is 0.608. The molecule has 5 heteroatoms. The van der Waals surface area contributed by atoms with E-state index in [0.717, 1.165) is 22.8 Å². The maximum Gasteiger partial charge on any atom is 0.194 e. The molecule has 0 bridgehead atoms. The molecule has 0 saturated carbocycles. The van der Waals surface area contributed by atoms with E-state index in [1.54, 1.807) is 12.1 Å². The van der Waals surface area contributed by atoms with E-state index in [2.05, 4.69) is 15.9 Å². The number of halogens is 5. The third kappa shape index (κ3) is 2.72. The van der Waals surface area contributed by atoms with E-state index < -0.39 is 22.3 Å². The van der Waals surface area contributed by atoms with Gasteiger partial charge in [0.2, 0.25) is 0 Å². The molecular formula is C15H11BrClF3. The zero-order valence-corrected chi connectivity index (χ0v) is 13.1. The second-order valence-electron chi connectivity index (χ2n) is 4.59. The van der Waals surface area contributed by atoms with Crippen LogP contribution in [0.3, 0.4) is 0 Å². The molecule has 20 heavy (non-hydrogen) atoms. The summed E-state index contributed by atoms with van der Waals surface area (Å²) >= 11 is 9.36. The van der Waals surface area contributed by atoms with E-state index >= 15 is 0 Å². The maximum atomic E-state index is 13.8. The molecule has 0 amide bonds. The molecule has 1 atom stereocenters. The highest BCUT2D eigenvalue weighted by Crippen LogP contribution is 2.37. The van der Waals surface area contributed by atoms with Crippen molar-refractivity contribution in [2.24, 2.45) is 0 Å². The molecular weight excluding hydrogens is 353 g/mol. The van der Waals surface area contributed by atoms with Gasteiger partial charge < -0.3 is 0 Å². The summed E-state index contributed by atoms with van der Waals surface area (Å²) in [6, 6.07) is 5.71. The van der Waals surface area contributed by atoms with Crippen molar-refractivity contribution in [3.05, 3.63) is 69.0 Å². The van der Waals surface area contributed by atoms with Gasteiger partial charge in [0, 0.05) is 10.6 Å². The van der Waals surface area contributed by atoms with E-state index in [-0.39, 0.29) is 5.56 Å². The third-order valence-corrected chi connectivity index (χ3v) is 4.55. The van der Waals surface area contributed by atoms with Gasteiger partial charge in [-0.05, 0) is 42.7 Å². The second kappa shape index (κ2) is 5.78. The van der Waals surface area contributed by atoms with E-state index in [1.165, 1.54) is 6.07 Å². The fourth-order valence-corrected chi connectivity index (χ4v) is 3.05. The quantitative estimate of drug-likeness (QED) is 0.463. The van der Waals surface area contributed by atoms with Crippen LogP contribution in [0.25, 0.3) is 0 Å². The van der Waals surface area contributed by atoms with Crippen LogP contribution in [-0.4, -0.2) is 0 Å². The normalized spacial score (nSPS) is 12.6. The van der Waals surface area contributed by atoms with Crippen molar-refractivity contribution in [2.75, 3.05) is 0 Å². The minimum atomic E-state index is -1.46. The zero-order chi connectivity index (χ0) is 15.0. The first-order chi connectivity index (χ1) is 9.32. The Hall–Kier alpha value is -1.000. The van der Waals surface area contributed by atoms with Crippen molar-refractivity contribution in [3.8, 4) is 0 Å². The van der Waals surface area contributed by atoms with Crippen LogP contribution in [0.5, 0.6) is 0 Å². The van der Waals surface area contributed by atoms with Gasteiger partial charge >= 0.3 is 0 Å². The van der Waals surface area contributed by atoms with Crippen LogP contribution < -0.4 is 0 Å². The van der Waals surface area contributed by atoms with Crippen molar-refractivity contribution < 1.29 is 13.2 Å². The van der Waals surface area contributed by atoms with Crippen LogP contribution in [0.15, 0.2) is 24.3 Å². The first-order valence-electron chi connectivity index (χ1n) is 5.87. The van der Waals surface area contributed by atoms with Crippen molar-refractivity contribution in [1.29, 1.82) is 0 Å². The molecule has 0 aliphatic rings. The fraction of sp³-hybridized carbons (Fsp3) is 0.200. The molecule has 0 nitrogen and oxygen atoms in total. The van der Waals surface area contributed by atoms with E-state index in [1.807, 2.05) is 13.8 Å². The highest BCUT2D eigenvalue weighted by molar-refractivity contribution is 9.09. The molecule has 0 radical (unpaired) electrons. The standard InChI is InChI=1S/C15H11BrClF3/c1-7-6-11(17)8(2)5-10(7)13(16)9-3-4-12(18)15(20)14(9)19/h3-6,13H,1-2H3. The average Bonchev–Trinajstić information content (AvgIpc) is 2.40. The lowest BCUT2D eigenvalue weighted by Gasteiger charge is -2.16. The van der Waals surface area contributed by atoms with E-state index in [4.69, 9.17) is 11.6 Å². The molecule has 0 aliphatic carbocycles. The molecule has 106 valence electrons. The lowest BCUT2D eigenvalue weighted by atomic mass is 9.98. The molecule has 1 unspecified atom stereocenters. The molecule has 0 N–H and O–H groups in total. The van der Waals surface area contributed by atoms with Crippen LogP contribution in [-0.2, 0) is 0 Å². The van der Waals surface area contributed by atoms with Gasteiger partial charge in [0.05, 0.1) is 4.83 Å². The summed E-state index contributed by atoms with van der Waals surface area (Å²) in [6.45, 7) is 3.65. The number of benzene rings is 2. The van der Waals surface area contributed by atoms with Gasteiger partial charge in [-0.2, -0.15) is 0 Å². The Labute approximate surface area is 128 Å². The molecule has 2 aromatic rings. The van der Waals surface area contributed by atoms with Crippen molar-refractivity contribution >= 4 is 27.5 Å². The second-order valence-corrected chi connectivity index (χ2v) is 5.91. The Bertz CT molecular complexity index is 669. The highest BCUT2D eigenvalue weighted by Gasteiger charge is 2.21. The van der Waals surface area contributed by atoms with Crippen LogP contribution in [0, 0.1) is 31.3 Å². The molecule has 0 saturated heterocycles. The molecule has 0 heterocycles. The smallest absolute Gasteiger partial charge is 0.194 e. The van der Waals surface area contributed by atoms with Gasteiger partial charge in [-0.3, -0.25) is 0 Å². The summed E-state index contributed by atoms with van der Waals surface area (Å²) in [4.78, 5) is -0.575. The number of alkyl halides is 1.